The molecule has 2 aliphatic heterocycles. The van der Waals surface area contributed by atoms with Crippen LogP contribution in [0.1, 0.15) is 35.8 Å². The first-order valence-corrected chi connectivity index (χ1v) is 10.3. The van der Waals surface area contributed by atoms with Gasteiger partial charge in [0, 0.05) is 60.5 Å². The summed E-state index contributed by atoms with van der Waals surface area (Å²) >= 11 is 5.94. The Hall–Kier alpha value is -2.34. The van der Waals surface area contributed by atoms with E-state index in [0.717, 1.165) is 63.0 Å². The first kappa shape index (κ1) is 19.0. The Morgan fingerprint density at radius 3 is 2.68 bits per heavy atom. The van der Waals surface area contributed by atoms with Crippen molar-refractivity contribution in [3.05, 3.63) is 46.6 Å². The third-order valence-electron chi connectivity index (χ3n) is 5.74. The Morgan fingerprint density at radius 2 is 1.93 bits per heavy atom. The number of halogens is 1. The fourth-order valence-corrected chi connectivity index (χ4v) is 4.41. The summed E-state index contributed by atoms with van der Waals surface area (Å²) in [5, 5.41) is 3.93. The highest BCUT2D eigenvalue weighted by atomic mass is 35.5. The molecule has 2 aromatic rings. The zero-order valence-corrected chi connectivity index (χ0v) is 17.2. The van der Waals surface area contributed by atoms with E-state index in [1.54, 1.807) is 24.3 Å². The highest BCUT2D eigenvalue weighted by Crippen LogP contribution is 2.41. The lowest BCUT2D eigenvalue weighted by Gasteiger charge is -2.25. The molecule has 2 aliphatic rings. The lowest BCUT2D eigenvalue weighted by Crippen LogP contribution is -2.34. The van der Waals surface area contributed by atoms with E-state index < -0.39 is 0 Å². The predicted molar refractivity (Wildman–Crippen MR) is 112 cm³/mol. The standard InChI is InChI=1S/C21H26ClN5O/c1-3-23-18-12-15(2)24-20(25-18)27-11-9-21(14-27)8-10-26(13-21)19(28)16-4-6-17(22)7-5-16/h4-7,12H,3,8-11,13-14H2,1-2H3,(H,23,24,25). The molecule has 2 saturated heterocycles. The molecule has 4 rings (SSSR count). The largest absolute Gasteiger partial charge is 0.370 e. The fraction of sp³-hybridized carbons (Fsp3) is 0.476. The molecular weight excluding hydrogens is 374 g/mol. The first-order valence-electron chi connectivity index (χ1n) is 9.87. The summed E-state index contributed by atoms with van der Waals surface area (Å²) in [6.07, 6.45) is 2.08. The summed E-state index contributed by atoms with van der Waals surface area (Å²) in [7, 11) is 0. The lowest BCUT2D eigenvalue weighted by molar-refractivity contribution is 0.0776. The smallest absolute Gasteiger partial charge is 0.253 e. The van der Waals surface area contributed by atoms with Crippen LogP contribution < -0.4 is 10.2 Å². The number of benzene rings is 1. The van der Waals surface area contributed by atoms with Crippen molar-refractivity contribution in [1.82, 2.24) is 14.9 Å². The topological polar surface area (TPSA) is 61.4 Å². The predicted octanol–water partition coefficient (Wildman–Crippen LogP) is 3.61. The van der Waals surface area contributed by atoms with E-state index in [1.165, 1.54) is 0 Å². The molecule has 6 nitrogen and oxygen atoms in total. The van der Waals surface area contributed by atoms with Crippen LogP contribution in [-0.2, 0) is 0 Å². The minimum atomic E-state index is 0.0910. The number of amides is 1. The summed E-state index contributed by atoms with van der Waals surface area (Å²) in [4.78, 5) is 26.4. The van der Waals surface area contributed by atoms with E-state index in [9.17, 15) is 4.79 Å². The van der Waals surface area contributed by atoms with Crippen LogP contribution in [0.25, 0.3) is 0 Å². The molecule has 1 N–H and O–H groups in total. The van der Waals surface area contributed by atoms with Crippen LogP contribution in [0, 0.1) is 12.3 Å². The summed E-state index contributed by atoms with van der Waals surface area (Å²) in [5.41, 5.74) is 1.80. The molecule has 1 aromatic carbocycles. The van der Waals surface area contributed by atoms with Gasteiger partial charge in [0.15, 0.2) is 0 Å². The van der Waals surface area contributed by atoms with Crippen LogP contribution in [0.3, 0.4) is 0 Å². The van der Waals surface area contributed by atoms with E-state index in [2.05, 4.69) is 27.1 Å². The number of aryl methyl sites for hydroxylation is 1. The van der Waals surface area contributed by atoms with Gasteiger partial charge in [-0.2, -0.15) is 4.98 Å². The minimum absolute atomic E-state index is 0.0910. The Kier molecular flexibility index (Phi) is 5.15. The molecule has 0 radical (unpaired) electrons. The summed E-state index contributed by atoms with van der Waals surface area (Å²) < 4.78 is 0. The average Bonchev–Trinajstić information content (AvgIpc) is 3.29. The number of nitrogens with one attached hydrogen (secondary N) is 1. The number of rotatable bonds is 4. The highest BCUT2D eigenvalue weighted by molar-refractivity contribution is 6.30. The fourth-order valence-electron chi connectivity index (χ4n) is 4.29. The van der Waals surface area contributed by atoms with Crippen molar-refractivity contribution in [2.45, 2.75) is 26.7 Å². The maximum atomic E-state index is 12.8. The molecule has 0 aliphatic carbocycles. The van der Waals surface area contributed by atoms with Gasteiger partial charge in [0.1, 0.15) is 5.82 Å². The number of hydrogen-bond donors (Lipinski definition) is 1. The number of hydrogen-bond acceptors (Lipinski definition) is 5. The molecule has 3 heterocycles. The van der Waals surface area contributed by atoms with Crippen molar-refractivity contribution in [2.75, 3.05) is 42.9 Å². The quantitative estimate of drug-likeness (QED) is 0.850. The van der Waals surface area contributed by atoms with Crippen molar-refractivity contribution < 1.29 is 4.79 Å². The monoisotopic (exact) mass is 399 g/mol. The van der Waals surface area contributed by atoms with Crippen molar-refractivity contribution in [3.8, 4) is 0 Å². The Bertz CT molecular complexity index is 872. The molecule has 1 atom stereocenters. The third-order valence-corrected chi connectivity index (χ3v) is 5.99. The molecule has 1 spiro atoms. The van der Waals surface area contributed by atoms with Crippen molar-refractivity contribution in [2.24, 2.45) is 5.41 Å². The normalized spacial score (nSPS) is 21.5. The summed E-state index contributed by atoms with van der Waals surface area (Å²) in [6, 6.07) is 9.13. The Labute approximate surface area is 170 Å². The van der Waals surface area contributed by atoms with Crippen LogP contribution >= 0.6 is 11.6 Å². The van der Waals surface area contributed by atoms with E-state index in [4.69, 9.17) is 11.6 Å². The van der Waals surface area contributed by atoms with Crippen LogP contribution in [0.2, 0.25) is 5.02 Å². The second-order valence-electron chi connectivity index (χ2n) is 7.88. The molecule has 1 unspecified atom stereocenters. The van der Waals surface area contributed by atoms with Gasteiger partial charge in [-0.05, 0) is 51.0 Å². The Balaban J connectivity index is 1.45. The van der Waals surface area contributed by atoms with E-state index in [1.807, 2.05) is 17.9 Å². The highest BCUT2D eigenvalue weighted by Gasteiger charge is 2.45. The van der Waals surface area contributed by atoms with E-state index in [-0.39, 0.29) is 11.3 Å². The van der Waals surface area contributed by atoms with Gasteiger partial charge in [0.2, 0.25) is 5.95 Å². The Morgan fingerprint density at radius 1 is 1.18 bits per heavy atom. The SMILES string of the molecule is CCNc1cc(C)nc(N2CCC3(CCN(C(=O)c4ccc(Cl)cc4)C3)C2)n1. The van der Waals surface area contributed by atoms with E-state index in [0.29, 0.717) is 10.6 Å². The van der Waals surface area contributed by atoms with Gasteiger partial charge < -0.3 is 15.1 Å². The van der Waals surface area contributed by atoms with Gasteiger partial charge in [-0.25, -0.2) is 4.98 Å². The number of carbonyl (C=O) groups excluding carboxylic acids is 1. The molecule has 148 valence electrons. The average molecular weight is 400 g/mol. The second-order valence-corrected chi connectivity index (χ2v) is 8.32. The van der Waals surface area contributed by atoms with Gasteiger partial charge in [0.25, 0.3) is 5.91 Å². The molecule has 0 saturated carbocycles. The number of carbonyl (C=O) groups is 1. The van der Waals surface area contributed by atoms with Crippen LogP contribution in [0.4, 0.5) is 11.8 Å². The zero-order valence-electron chi connectivity index (χ0n) is 16.4. The second kappa shape index (κ2) is 7.59. The molecule has 1 amide bonds. The summed E-state index contributed by atoms with van der Waals surface area (Å²) in [5.74, 6) is 1.75. The molecule has 7 heteroatoms. The maximum absolute atomic E-state index is 12.8. The lowest BCUT2D eigenvalue weighted by atomic mass is 9.86. The number of aromatic nitrogens is 2. The van der Waals surface area contributed by atoms with Crippen molar-refractivity contribution in [1.29, 1.82) is 0 Å². The molecule has 2 fully saturated rings. The van der Waals surface area contributed by atoms with Crippen molar-refractivity contribution in [3.63, 3.8) is 0 Å². The van der Waals surface area contributed by atoms with E-state index >= 15 is 0 Å². The first-order chi connectivity index (χ1) is 13.5. The maximum Gasteiger partial charge on any atom is 0.253 e. The van der Waals surface area contributed by atoms with Crippen LogP contribution in [0.5, 0.6) is 0 Å². The van der Waals surface area contributed by atoms with Gasteiger partial charge in [-0.15, -0.1) is 0 Å². The zero-order chi connectivity index (χ0) is 19.7. The minimum Gasteiger partial charge on any atom is -0.370 e. The van der Waals surface area contributed by atoms with Gasteiger partial charge in [-0.1, -0.05) is 11.6 Å². The molecule has 28 heavy (non-hydrogen) atoms. The van der Waals surface area contributed by atoms with Gasteiger partial charge >= 0.3 is 0 Å². The van der Waals surface area contributed by atoms with Gasteiger partial charge in [0.05, 0.1) is 0 Å². The summed E-state index contributed by atoms with van der Waals surface area (Å²) in [6.45, 7) is 8.31. The van der Waals surface area contributed by atoms with Crippen molar-refractivity contribution >= 4 is 29.3 Å². The van der Waals surface area contributed by atoms with Crippen LogP contribution in [-0.4, -0.2) is 53.5 Å². The number of likely N-dealkylation sites (tertiary alicyclic amines) is 1. The molecular formula is C21H26ClN5O. The molecule has 1 aromatic heterocycles. The van der Waals surface area contributed by atoms with Gasteiger partial charge in [-0.3, -0.25) is 4.79 Å². The van der Waals surface area contributed by atoms with Crippen LogP contribution in [0.15, 0.2) is 30.3 Å². The molecule has 0 bridgehead atoms. The third kappa shape index (κ3) is 3.78. The number of anilines is 2. The number of nitrogens with zero attached hydrogens (tertiary/aromatic N) is 4.